The Hall–Kier alpha value is -1.17. The Morgan fingerprint density at radius 1 is 1.27 bits per heavy atom. The van der Waals surface area contributed by atoms with Gasteiger partial charge in [-0.3, -0.25) is 9.69 Å². The zero-order valence-corrected chi connectivity index (χ0v) is 18.2. The van der Waals surface area contributed by atoms with E-state index in [-0.39, 0.29) is 5.78 Å². The van der Waals surface area contributed by atoms with Gasteiger partial charge in [-0.1, -0.05) is 40.2 Å². The number of rotatable bonds is 6. The Kier molecular flexibility index (Phi) is 14.3. The fourth-order valence-corrected chi connectivity index (χ4v) is 3.55. The van der Waals surface area contributed by atoms with Gasteiger partial charge in [0, 0.05) is 25.8 Å². The molecule has 1 saturated heterocycles. The maximum absolute atomic E-state index is 11.6. The second-order valence-electron chi connectivity index (χ2n) is 6.32. The van der Waals surface area contributed by atoms with Gasteiger partial charge in [-0.2, -0.15) is 0 Å². The molecule has 0 amide bonds. The third-order valence-corrected chi connectivity index (χ3v) is 5.13. The fraction of sp³-hybridized carbons (Fsp3) is 0.667. The summed E-state index contributed by atoms with van der Waals surface area (Å²) in [7, 11) is 0. The maximum atomic E-state index is 11.6. The third-order valence-electron chi connectivity index (χ3n) is 3.93. The van der Waals surface area contributed by atoms with Gasteiger partial charge in [-0.25, -0.2) is 0 Å². The van der Waals surface area contributed by atoms with E-state index in [0.717, 1.165) is 47.9 Å². The van der Waals surface area contributed by atoms with Crippen LogP contribution in [0.2, 0.25) is 0 Å². The largest absolute Gasteiger partial charge is 0.396 e. The standard InChI is InChI=1S/C16H24N2OS.C3H8O.C2H6/c1-12-11-20-16(14(3)19)15(12)17-13(2)10-18-8-6-4-5-7-9-18;1-2-3-4;1-2/h11,17H,2,4-10H2,1,3H3;4H,2-3H2,1H3;1-2H3. The van der Waals surface area contributed by atoms with Crippen LogP contribution in [0.1, 0.15) is 75.0 Å². The predicted octanol–water partition coefficient (Wildman–Crippen LogP) is 5.48. The molecule has 2 N–H and O–H groups in total. The van der Waals surface area contributed by atoms with Crippen molar-refractivity contribution in [3.63, 3.8) is 0 Å². The molecule has 0 unspecified atom stereocenters. The molecule has 0 aromatic carbocycles. The van der Waals surface area contributed by atoms with E-state index in [2.05, 4.69) is 16.8 Å². The summed E-state index contributed by atoms with van der Waals surface area (Å²) in [5.74, 6) is 0.119. The van der Waals surface area contributed by atoms with Gasteiger partial charge in [-0.15, -0.1) is 11.3 Å². The normalized spacial score (nSPS) is 14.2. The summed E-state index contributed by atoms with van der Waals surface area (Å²) >= 11 is 1.51. The summed E-state index contributed by atoms with van der Waals surface area (Å²) in [5, 5.41) is 13.3. The molecular formula is C21H38N2O2S. The summed E-state index contributed by atoms with van der Waals surface area (Å²) in [4.78, 5) is 14.9. The summed E-state index contributed by atoms with van der Waals surface area (Å²) in [6.45, 7) is 17.2. The highest BCUT2D eigenvalue weighted by Gasteiger charge is 2.15. The van der Waals surface area contributed by atoms with Crippen LogP contribution in [0.5, 0.6) is 0 Å². The first-order chi connectivity index (χ1) is 12.5. The maximum Gasteiger partial charge on any atom is 0.171 e. The molecule has 150 valence electrons. The second kappa shape index (κ2) is 14.9. The summed E-state index contributed by atoms with van der Waals surface area (Å²) < 4.78 is 0. The molecule has 1 aliphatic heterocycles. The van der Waals surface area contributed by atoms with Gasteiger partial charge in [0.1, 0.15) is 0 Å². The smallest absolute Gasteiger partial charge is 0.171 e. The molecule has 2 heterocycles. The zero-order chi connectivity index (χ0) is 19.9. The van der Waals surface area contributed by atoms with Crippen LogP contribution in [0.25, 0.3) is 0 Å². The Labute approximate surface area is 164 Å². The molecule has 26 heavy (non-hydrogen) atoms. The minimum Gasteiger partial charge on any atom is -0.396 e. The fourth-order valence-electron chi connectivity index (χ4n) is 2.64. The first-order valence-corrected chi connectivity index (χ1v) is 10.7. The van der Waals surface area contributed by atoms with Crippen LogP contribution in [0, 0.1) is 6.92 Å². The van der Waals surface area contributed by atoms with E-state index >= 15 is 0 Å². The van der Waals surface area contributed by atoms with Gasteiger partial charge in [-0.05, 0) is 50.2 Å². The molecule has 5 heteroatoms. The van der Waals surface area contributed by atoms with Crippen LogP contribution in [0.4, 0.5) is 5.69 Å². The van der Waals surface area contributed by atoms with Crippen molar-refractivity contribution in [3.8, 4) is 0 Å². The van der Waals surface area contributed by atoms with Crippen LogP contribution < -0.4 is 5.32 Å². The van der Waals surface area contributed by atoms with Crippen LogP contribution in [0.15, 0.2) is 17.7 Å². The van der Waals surface area contributed by atoms with Gasteiger partial charge in [0.05, 0.1) is 10.6 Å². The number of nitrogens with one attached hydrogen (secondary N) is 1. The molecule has 2 rings (SSSR count). The van der Waals surface area contributed by atoms with Crippen molar-refractivity contribution >= 4 is 22.8 Å². The average molecular weight is 383 g/mol. The number of aliphatic hydroxyl groups excluding tert-OH is 1. The Bertz CT molecular complexity index is 516. The highest BCUT2D eigenvalue weighted by atomic mass is 32.1. The molecule has 0 atom stereocenters. The number of Topliss-reactive ketones (excluding diaryl/α,β-unsaturated/α-hetero) is 1. The quantitative estimate of drug-likeness (QED) is 0.640. The van der Waals surface area contributed by atoms with Crippen LogP contribution >= 0.6 is 11.3 Å². The van der Waals surface area contributed by atoms with Gasteiger partial charge in [0.2, 0.25) is 0 Å². The average Bonchev–Trinajstić information content (AvgIpc) is 2.84. The highest BCUT2D eigenvalue weighted by molar-refractivity contribution is 7.12. The number of anilines is 1. The lowest BCUT2D eigenvalue weighted by molar-refractivity contribution is 0.102. The summed E-state index contributed by atoms with van der Waals surface area (Å²) in [6, 6.07) is 0. The van der Waals surface area contributed by atoms with E-state index < -0.39 is 0 Å². The number of hydrogen-bond acceptors (Lipinski definition) is 5. The summed E-state index contributed by atoms with van der Waals surface area (Å²) in [5.41, 5.74) is 3.05. The number of carbonyl (C=O) groups is 1. The van der Waals surface area contributed by atoms with Crippen molar-refractivity contribution in [2.24, 2.45) is 0 Å². The molecule has 1 fully saturated rings. The molecule has 1 aromatic rings. The molecule has 1 aromatic heterocycles. The zero-order valence-electron chi connectivity index (χ0n) is 17.4. The Morgan fingerprint density at radius 3 is 2.27 bits per heavy atom. The lowest BCUT2D eigenvalue weighted by Gasteiger charge is -2.22. The summed E-state index contributed by atoms with van der Waals surface area (Å²) in [6.07, 6.45) is 6.12. The number of likely N-dealkylation sites (tertiary alicyclic amines) is 1. The lowest BCUT2D eigenvalue weighted by atomic mass is 10.2. The topological polar surface area (TPSA) is 52.6 Å². The molecule has 0 bridgehead atoms. The number of ketones is 1. The highest BCUT2D eigenvalue weighted by Crippen LogP contribution is 2.29. The van der Waals surface area contributed by atoms with Crippen LogP contribution in [-0.4, -0.2) is 42.0 Å². The number of hydrogen-bond donors (Lipinski definition) is 2. The monoisotopic (exact) mass is 382 g/mol. The molecule has 0 aliphatic carbocycles. The van der Waals surface area contributed by atoms with E-state index in [1.165, 1.54) is 37.0 Å². The van der Waals surface area contributed by atoms with E-state index in [1.807, 2.05) is 33.1 Å². The van der Waals surface area contributed by atoms with Crippen LogP contribution in [-0.2, 0) is 0 Å². The number of nitrogens with zero attached hydrogens (tertiary/aromatic N) is 1. The molecular weight excluding hydrogens is 344 g/mol. The molecule has 1 aliphatic rings. The number of aryl methyl sites for hydroxylation is 1. The number of carbonyl (C=O) groups excluding carboxylic acids is 1. The van der Waals surface area contributed by atoms with Crippen molar-refractivity contribution in [2.75, 3.05) is 31.6 Å². The van der Waals surface area contributed by atoms with Crippen molar-refractivity contribution in [1.29, 1.82) is 0 Å². The first-order valence-electron chi connectivity index (χ1n) is 9.86. The van der Waals surface area contributed by atoms with Crippen molar-refractivity contribution in [1.82, 2.24) is 4.90 Å². The van der Waals surface area contributed by atoms with Crippen molar-refractivity contribution < 1.29 is 9.90 Å². The van der Waals surface area contributed by atoms with Crippen molar-refractivity contribution in [3.05, 3.63) is 28.1 Å². The number of thiophene rings is 1. The number of aliphatic hydroxyl groups is 1. The molecule has 0 radical (unpaired) electrons. The lowest BCUT2D eigenvalue weighted by Crippen LogP contribution is -2.28. The minimum atomic E-state index is 0.119. The third kappa shape index (κ3) is 9.51. The minimum absolute atomic E-state index is 0.119. The molecule has 4 nitrogen and oxygen atoms in total. The Morgan fingerprint density at radius 2 is 1.81 bits per heavy atom. The second-order valence-corrected chi connectivity index (χ2v) is 7.20. The Balaban J connectivity index is 0.000000920. The first kappa shape index (κ1) is 24.8. The van der Waals surface area contributed by atoms with E-state index in [9.17, 15) is 4.79 Å². The van der Waals surface area contributed by atoms with Gasteiger partial charge in [0.25, 0.3) is 0 Å². The van der Waals surface area contributed by atoms with Crippen molar-refractivity contribution in [2.45, 2.75) is 66.7 Å². The molecule has 0 spiro atoms. The molecule has 0 saturated carbocycles. The predicted molar refractivity (Wildman–Crippen MR) is 115 cm³/mol. The van der Waals surface area contributed by atoms with E-state index in [0.29, 0.717) is 6.61 Å². The van der Waals surface area contributed by atoms with Gasteiger partial charge >= 0.3 is 0 Å². The van der Waals surface area contributed by atoms with E-state index in [1.54, 1.807) is 6.92 Å². The SMILES string of the molecule is C=C(CN1CCCCCC1)Nc1c(C)csc1C(C)=O.CC.CCCO. The van der Waals surface area contributed by atoms with Crippen LogP contribution in [0.3, 0.4) is 0 Å². The van der Waals surface area contributed by atoms with Gasteiger partial charge in [0.15, 0.2) is 5.78 Å². The van der Waals surface area contributed by atoms with E-state index in [4.69, 9.17) is 5.11 Å². The van der Waals surface area contributed by atoms with Gasteiger partial charge < -0.3 is 10.4 Å².